The maximum atomic E-state index is 14.9. The number of carbonyl (C=O) groups is 1. The van der Waals surface area contributed by atoms with Crippen molar-refractivity contribution < 1.29 is 27.8 Å². The van der Waals surface area contributed by atoms with E-state index in [0.717, 1.165) is 0 Å². The van der Waals surface area contributed by atoms with E-state index in [9.17, 15) is 27.8 Å². The Morgan fingerprint density at radius 3 is 2.40 bits per heavy atom. The molecule has 0 aliphatic carbocycles. The number of Topliss-reactive ketones (excluding diaryl/α,β-unsaturated/α-hetero) is 1. The van der Waals surface area contributed by atoms with Gasteiger partial charge >= 0.3 is 0 Å². The zero-order valence-corrected chi connectivity index (χ0v) is 26.3. The van der Waals surface area contributed by atoms with E-state index < -0.39 is 33.6 Å². The summed E-state index contributed by atoms with van der Waals surface area (Å²) in [5.41, 5.74) is 1.65. The predicted octanol–water partition coefficient (Wildman–Crippen LogP) is 5.87. The molecule has 1 aliphatic rings. The van der Waals surface area contributed by atoms with E-state index in [1.54, 1.807) is 43.3 Å². The van der Waals surface area contributed by atoms with Gasteiger partial charge in [0.05, 0.1) is 5.75 Å². The first-order chi connectivity index (χ1) is 20.3. The van der Waals surface area contributed by atoms with Crippen LogP contribution in [0.4, 0.5) is 4.39 Å². The first-order valence-electron chi connectivity index (χ1n) is 14.8. The van der Waals surface area contributed by atoms with Crippen LogP contribution in [0, 0.1) is 24.7 Å². The summed E-state index contributed by atoms with van der Waals surface area (Å²) in [6.07, 6.45) is 0.420. The number of ketones is 1. The van der Waals surface area contributed by atoms with Gasteiger partial charge < -0.3 is 10.2 Å². The molecule has 0 saturated carbocycles. The number of piperidine rings is 1. The first kappa shape index (κ1) is 32.6. The Balaban J connectivity index is 1.80. The van der Waals surface area contributed by atoms with Crippen molar-refractivity contribution in [3.05, 3.63) is 94.8 Å². The van der Waals surface area contributed by atoms with Gasteiger partial charge in [-0.2, -0.15) is 0 Å². The molecule has 3 aromatic carbocycles. The fraction of sp³-hybridized carbons (Fsp3) is 0.441. The fourth-order valence-corrected chi connectivity index (χ4v) is 8.02. The largest absolute Gasteiger partial charge is 0.508 e. The molecule has 0 aromatic heterocycles. The van der Waals surface area contributed by atoms with Crippen LogP contribution in [0.25, 0.3) is 0 Å². The second-order valence-corrected chi connectivity index (χ2v) is 14.1. The Kier molecular flexibility index (Phi) is 10.3. The van der Waals surface area contributed by atoms with Gasteiger partial charge in [-0.3, -0.25) is 9.69 Å². The molecule has 1 radical (unpaired) electrons. The number of rotatable bonds is 11. The second-order valence-electron chi connectivity index (χ2n) is 12.0. The van der Waals surface area contributed by atoms with Crippen molar-refractivity contribution in [3.8, 4) is 11.5 Å². The van der Waals surface area contributed by atoms with Gasteiger partial charge in [-0.15, -0.1) is 0 Å². The molecule has 2 N–H and O–H groups in total. The summed E-state index contributed by atoms with van der Waals surface area (Å²) < 4.78 is 44.1. The van der Waals surface area contributed by atoms with E-state index in [0.29, 0.717) is 29.7 Å². The molecule has 9 heteroatoms. The minimum Gasteiger partial charge on any atom is -0.508 e. The summed E-state index contributed by atoms with van der Waals surface area (Å²) in [5, 5.41) is 21.1. The lowest BCUT2D eigenvalue weighted by Crippen LogP contribution is -2.50. The monoisotopic (exact) mass is 609 g/mol. The number of nitrogens with zero attached hydrogens (tertiary/aromatic N) is 2. The van der Waals surface area contributed by atoms with Crippen LogP contribution in [-0.2, 0) is 10.0 Å². The van der Waals surface area contributed by atoms with Crippen molar-refractivity contribution in [3.63, 3.8) is 0 Å². The van der Waals surface area contributed by atoms with E-state index in [4.69, 9.17) is 0 Å². The Labute approximate surface area is 255 Å². The van der Waals surface area contributed by atoms with Crippen LogP contribution in [-0.4, -0.2) is 71.1 Å². The quantitative estimate of drug-likeness (QED) is 0.264. The van der Waals surface area contributed by atoms with Crippen molar-refractivity contribution in [2.24, 2.45) is 5.92 Å². The summed E-state index contributed by atoms with van der Waals surface area (Å²) in [4.78, 5) is 16.5. The number of sulfonamides is 1. The van der Waals surface area contributed by atoms with Crippen molar-refractivity contribution in [2.45, 2.75) is 65.0 Å². The standard InChI is InChI=1S/C34H42FN2O5S/c1-22(2)37(23(3)4)17-10-18-43(41,42)36-20-29(28-13-6-7-16-32(28)39)33(27-14-9-15-31(35)24(27)5)30(21-36)34(40)25-11-8-12-26(38)19-25/h6,8-9,11-16,19,22-23,29-30,33,38-39H,10,17-18,20-21H2,1-5H3/t29-,30+,33-/m1/s1. The van der Waals surface area contributed by atoms with E-state index in [1.165, 1.54) is 28.6 Å². The first-order valence-corrected chi connectivity index (χ1v) is 16.4. The molecular formula is C34H42FN2O5S. The zero-order valence-electron chi connectivity index (χ0n) is 25.5. The SMILES string of the molecule is Cc1c(F)cccc1[C@H]1[C@@H](C(=O)c2cccc(O)c2)CN(S(=O)(=O)CCCN(C(C)C)C(C)C)C[C@@H]1c1cc[c]cc1O. The highest BCUT2D eigenvalue weighted by Gasteiger charge is 2.46. The lowest BCUT2D eigenvalue weighted by molar-refractivity contribution is 0.0824. The smallest absolute Gasteiger partial charge is 0.214 e. The second kappa shape index (κ2) is 13.6. The van der Waals surface area contributed by atoms with Gasteiger partial charge in [-0.05, 0) is 94.6 Å². The zero-order chi connectivity index (χ0) is 31.5. The number of carbonyl (C=O) groups excluding carboxylic acids is 1. The van der Waals surface area contributed by atoms with Gasteiger partial charge in [0.1, 0.15) is 17.3 Å². The highest BCUT2D eigenvalue weighted by molar-refractivity contribution is 7.89. The molecule has 3 aromatic rings. The van der Waals surface area contributed by atoms with Crippen molar-refractivity contribution in [1.82, 2.24) is 9.21 Å². The van der Waals surface area contributed by atoms with Crippen LogP contribution in [0.2, 0.25) is 0 Å². The topological polar surface area (TPSA) is 98.2 Å². The average Bonchev–Trinajstić information content (AvgIpc) is 2.95. The van der Waals surface area contributed by atoms with Gasteiger partial charge in [0.2, 0.25) is 10.0 Å². The van der Waals surface area contributed by atoms with Gasteiger partial charge in [-0.1, -0.05) is 36.4 Å². The van der Waals surface area contributed by atoms with Crippen LogP contribution < -0.4 is 0 Å². The molecular weight excluding hydrogens is 567 g/mol. The molecule has 4 rings (SSSR count). The van der Waals surface area contributed by atoms with Gasteiger partial charge in [0, 0.05) is 48.5 Å². The number of phenolic OH excluding ortho intramolecular Hbond substituents is 2. The lowest BCUT2D eigenvalue weighted by atomic mass is 9.68. The van der Waals surface area contributed by atoms with Crippen LogP contribution in [0.5, 0.6) is 11.5 Å². The van der Waals surface area contributed by atoms with Crippen LogP contribution in [0.3, 0.4) is 0 Å². The molecule has 43 heavy (non-hydrogen) atoms. The summed E-state index contributed by atoms with van der Waals surface area (Å²) in [5.74, 6) is -3.27. The van der Waals surface area contributed by atoms with E-state index in [1.807, 2.05) is 0 Å². The van der Waals surface area contributed by atoms with E-state index >= 15 is 0 Å². The summed E-state index contributed by atoms with van der Waals surface area (Å²) in [6.45, 7) is 10.5. The van der Waals surface area contributed by atoms with Crippen LogP contribution in [0.15, 0.2) is 60.7 Å². The molecule has 1 saturated heterocycles. The molecule has 231 valence electrons. The van der Waals surface area contributed by atoms with Gasteiger partial charge in [0.15, 0.2) is 5.78 Å². The van der Waals surface area contributed by atoms with Crippen molar-refractivity contribution in [1.29, 1.82) is 0 Å². The summed E-state index contributed by atoms with van der Waals surface area (Å²) in [7, 11) is -3.82. The van der Waals surface area contributed by atoms with E-state index in [-0.39, 0.29) is 53.8 Å². The third kappa shape index (κ3) is 7.28. The third-order valence-electron chi connectivity index (χ3n) is 8.62. The molecule has 1 aliphatic heterocycles. The number of hydrogen-bond acceptors (Lipinski definition) is 6. The number of aromatic hydroxyl groups is 2. The van der Waals surface area contributed by atoms with E-state index in [2.05, 4.69) is 38.7 Å². The number of hydrogen-bond donors (Lipinski definition) is 2. The molecule has 0 amide bonds. The normalized spacial score (nSPS) is 19.8. The number of phenols is 2. The molecule has 0 unspecified atom stereocenters. The average molecular weight is 610 g/mol. The highest BCUT2D eigenvalue weighted by Crippen LogP contribution is 2.48. The summed E-state index contributed by atoms with van der Waals surface area (Å²) in [6, 6.07) is 18.8. The Bertz CT molecular complexity index is 1530. The van der Waals surface area contributed by atoms with Crippen LogP contribution in [0.1, 0.15) is 73.0 Å². The lowest BCUT2D eigenvalue weighted by Gasteiger charge is -2.44. The van der Waals surface area contributed by atoms with Crippen molar-refractivity contribution in [2.75, 3.05) is 25.4 Å². The number of benzene rings is 3. The molecule has 7 nitrogen and oxygen atoms in total. The molecule has 0 spiro atoms. The van der Waals surface area contributed by atoms with Gasteiger partial charge in [0.25, 0.3) is 0 Å². The maximum Gasteiger partial charge on any atom is 0.214 e. The summed E-state index contributed by atoms with van der Waals surface area (Å²) >= 11 is 0. The maximum absolute atomic E-state index is 14.9. The molecule has 1 heterocycles. The molecule has 1 fully saturated rings. The van der Waals surface area contributed by atoms with Gasteiger partial charge in [-0.25, -0.2) is 17.1 Å². The number of halogens is 1. The fourth-order valence-electron chi connectivity index (χ4n) is 6.50. The minimum atomic E-state index is -3.82. The van der Waals surface area contributed by atoms with Crippen molar-refractivity contribution >= 4 is 15.8 Å². The Morgan fingerprint density at radius 1 is 1.05 bits per heavy atom. The van der Waals surface area contributed by atoms with Crippen LogP contribution >= 0.6 is 0 Å². The predicted molar refractivity (Wildman–Crippen MR) is 166 cm³/mol. The molecule has 0 bridgehead atoms. The minimum absolute atomic E-state index is 0.0163. The highest BCUT2D eigenvalue weighted by atomic mass is 32.2. The Morgan fingerprint density at radius 2 is 1.74 bits per heavy atom. The third-order valence-corrected chi connectivity index (χ3v) is 10.5. The Hall–Kier alpha value is -3.27. The molecule has 3 atom stereocenters.